The second-order valence-electron chi connectivity index (χ2n) is 11.1. The Morgan fingerprint density at radius 1 is 1.21 bits per heavy atom. The molecule has 1 aliphatic heterocycles. The number of amides is 2. The fourth-order valence-electron chi connectivity index (χ4n) is 7.68. The highest BCUT2D eigenvalue weighted by molar-refractivity contribution is 5.88. The smallest absolute Gasteiger partial charge is 0.246 e. The number of likely N-dealkylation sites (N-methyl/N-ethyl adjacent to an activating group) is 1. The Hall–Kier alpha value is -1.36. The van der Waals surface area contributed by atoms with E-state index in [1.807, 2.05) is 18.0 Å². The van der Waals surface area contributed by atoms with Crippen molar-refractivity contribution in [2.45, 2.75) is 77.4 Å². The first-order valence-corrected chi connectivity index (χ1v) is 11.7. The van der Waals surface area contributed by atoms with Crippen LogP contribution in [0.25, 0.3) is 0 Å². The third kappa shape index (κ3) is 2.90. The van der Waals surface area contributed by atoms with Crippen LogP contribution < -0.4 is 5.32 Å². The van der Waals surface area contributed by atoms with Crippen LogP contribution >= 0.6 is 0 Å². The van der Waals surface area contributed by atoms with Gasteiger partial charge in [0, 0.05) is 31.6 Å². The van der Waals surface area contributed by atoms with E-state index in [2.05, 4.69) is 19.2 Å². The predicted molar refractivity (Wildman–Crippen MR) is 111 cm³/mol. The summed E-state index contributed by atoms with van der Waals surface area (Å²) in [5.41, 5.74) is 1.15. The largest absolute Gasteiger partial charge is 0.393 e. The van der Waals surface area contributed by atoms with E-state index in [0.717, 1.165) is 57.9 Å². The van der Waals surface area contributed by atoms with Crippen LogP contribution in [-0.4, -0.2) is 47.6 Å². The quantitative estimate of drug-likeness (QED) is 0.749. The molecule has 0 aromatic carbocycles. The second-order valence-corrected chi connectivity index (χ2v) is 11.1. The first-order chi connectivity index (χ1) is 13.7. The topological polar surface area (TPSA) is 69.6 Å². The Labute approximate surface area is 174 Å². The molecule has 5 rings (SSSR count). The van der Waals surface area contributed by atoms with Crippen LogP contribution in [0.15, 0.2) is 11.6 Å². The normalized spacial score (nSPS) is 46.9. The van der Waals surface area contributed by atoms with Gasteiger partial charge in [0.25, 0.3) is 0 Å². The monoisotopic (exact) mass is 400 g/mol. The minimum atomic E-state index is -0.369. The third-order valence-corrected chi connectivity index (χ3v) is 9.57. The van der Waals surface area contributed by atoms with Crippen molar-refractivity contribution in [3.8, 4) is 0 Å². The van der Waals surface area contributed by atoms with Gasteiger partial charge in [-0.2, -0.15) is 0 Å². The molecule has 7 atom stereocenters. The Bertz CT molecular complexity index is 759. The molecular formula is C24H36N2O3. The molecule has 2 N–H and O–H groups in total. The number of nitrogens with zero attached hydrogens (tertiary/aromatic N) is 1. The molecule has 160 valence electrons. The summed E-state index contributed by atoms with van der Waals surface area (Å²) >= 11 is 0. The number of nitrogens with one attached hydrogen (secondary N) is 1. The van der Waals surface area contributed by atoms with E-state index in [9.17, 15) is 14.7 Å². The molecule has 0 aromatic heterocycles. The molecule has 29 heavy (non-hydrogen) atoms. The maximum absolute atomic E-state index is 12.5. The van der Waals surface area contributed by atoms with E-state index in [1.165, 1.54) is 5.57 Å². The van der Waals surface area contributed by atoms with Crippen LogP contribution in [-0.2, 0) is 9.59 Å². The van der Waals surface area contributed by atoms with Crippen molar-refractivity contribution in [1.82, 2.24) is 10.2 Å². The van der Waals surface area contributed by atoms with Crippen LogP contribution in [0.5, 0.6) is 0 Å². The molecule has 1 heterocycles. The van der Waals surface area contributed by atoms with Gasteiger partial charge >= 0.3 is 0 Å². The molecule has 5 aliphatic rings. The summed E-state index contributed by atoms with van der Waals surface area (Å²) in [5.74, 6) is 1.84. The maximum Gasteiger partial charge on any atom is 0.246 e. The number of aliphatic hydroxyl groups excluding tert-OH is 1. The van der Waals surface area contributed by atoms with Crippen molar-refractivity contribution < 1.29 is 14.7 Å². The number of fused-ring (bicyclic) bond motifs is 5. The molecule has 0 aromatic rings. The Morgan fingerprint density at radius 2 is 1.97 bits per heavy atom. The summed E-state index contributed by atoms with van der Waals surface area (Å²) in [5, 5.41) is 14.9. The second kappa shape index (κ2) is 6.57. The molecule has 0 radical (unpaired) electrons. The Balaban J connectivity index is 1.43. The molecule has 5 heteroatoms. The summed E-state index contributed by atoms with van der Waals surface area (Å²) in [4.78, 5) is 26.7. The highest BCUT2D eigenvalue weighted by Gasteiger charge is 2.62. The van der Waals surface area contributed by atoms with E-state index < -0.39 is 0 Å². The first-order valence-electron chi connectivity index (χ1n) is 11.7. The maximum atomic E-state index is 12.5. The summed E-state index contributed by atoms with van der Waals surface area (Å²) in [7, 11) is 1.88. The van der Waals surface area contributed by atoms with Gasteiger partial charge in [-0.15, -0.1) is 0 Å². The zero-order chi connectivity index (χ0) is 20.6. The van der Waals surface area contributed by atoms with Crippen LogP contribution in [0.2, 0.25) is 0 Å². The molecule has 4 saturated carbocycles. The molecular weight excluding hydrogens is 364 g/mol. The highest BCUT2D eigenvalue weighted by atomic mass is 16.3. The van der Waals surface area contributed by atoms with Gasteiger partial charge in [-0.1, -0.05) is 19.4 Å². The Kier molecular flexibility index (Phi) is 4.44. The van der Waals surface area contributed by atoms with Gasteiger partial charge in [0.05, 0.1) is 6.10 Å². The third-order valence-electron chi connectivity index (χ3n) is 9.57. The summed E-state index contributed by atoms with van der Waals surface area (Å²) in [6.07, 6.45) is 9.48. The summed E-state index contributed by atoms with van der Waals surface area (Å²) < 4.78 is 0. The number of rotatable bonds is 2. The lowest BCUT2D eigenvalue weighted by molar-refractivity contribution is -0.132. The zero-order valence-electron chi connectivity index (χ0n) is 18.1. The molecule has 2 amide bonds. The summed E-state index contributed by atoms with van der Waals surface area (Å²) in [6.45, 7) is 5.38. The van der Waals surface area contributed by atoms with Crippen LogP contribution in [0.3, 0.4) is 0 Å². The van der Waals surface area contributed by atoms with Crippen molar-refractivity contribution in [3.05, 3.63) is 11.6 Å². The molecule has 3 unspecified atom stereocenters. The van der Waals surface area contributed by atoms with Crippen LogP contribution in [0.1, 0.15) is 65.2 Å². The van der Waals surface area contributed by atoms with Crippen molar-refractivity contribution in [3.63, 3.8) is 0 Å². The Morgan fingerprint density at radius 3 is 2.69 bits per heavy atom. The van der Waals surface area contributed by atoms with E-state index in [1.54, 1.807) is 0 Å². The van der Waals surface area contributed by atoms with Gasteiger partial charge in [-0.3, -0.25) is 9.59 Å². The lowest BCUT2D eigenvalue weighted by atomic mass is 9.47. The van der Waals surface area contributed by atoms with Gasteiger partial charge in [0.15, 0.2) is 0 Å². The minimum Gasteiger partial charge on any atom is -0.393 e. The van der Waals surface area contributed by atoms with Crippen LogP contribution in [0.4, 0.5) is 0 Å². The molecule has 0 saturated heterocycles. The number of allylic oxidation sites excluding steroid dienone is 1. The standard InChI is InChI=1S/C24H36N2O3/c1-23-10-11-26(3)20(28)12-15(23)6-7-16-17-8-9-19(25-22(29)14-4-5-14)24(17,2)13-18(27)21(16)23/h12,14,16-19,21,27H,4-11,13H2,1-3H3,(H,25,29)/t16?,17?,18-,19-,21?,23-,24-/m0/s1. The first kappa shape index (κ1) is 19.6. The molecule has 0 spiro atoms. The molecule has 4 fully saturated rings. The number of carbonyl (C=O) groups excluding carboxylic acids is 2. The van der Waals surface area contributed by atoms with Gasteiger partial charge in [-0.05, 0) is 80.0 Å². The zero-order valence-corrected chi connectivity index (χ0v) is 18.1. The van der Waals surface area contributed by atoms with Crippen molar-refractivity contribution in [1.29, 1.82) is 0 Å². The van der Waals surface area contributed by atoms with E-state index in [-0.39, 0.29) is 46.6 Å². The fourth-order valence-corrected chi connectivity index (χ4v) is 7.68. The molecule has 4 aliphatic carbocycles. The predicted octanol–water partition coefficient (Wildman–Crippen LogP) is 2.88. The van der Waals surface area contributed by atoms with Gasteiger partial charge in [0.2, 0.25) is 11.8 Å². The van der Waals surface area contributed by atoms with E-state index >= 15 is 0 Å². The van der Waals surface area contributed by atoms with Gasteiger partial charge < -0.3 is 15.3 Å². The van der Waals surface area contributed by atoms with Crippen molar-refractivity contribution in [2.24, 2.45) is 34.5 Å². The number of hydrogen-bond donors (Lipinski definition) is 2. The minimum absolute atomic E-state index is 0.0138. The van der Waals surface area contributed by atoms with E-state index in [0.29, 0.717) is 11.8 Å². The lowest BCUT2D eigenvalue weighted by Crippen LogP contribution is -2.58. The average molecular weight is 401 g/mol. The van der Waals surface area contributed by atoms with Gasteiger partial charge in [0.1, 0.15) is 0 Å². The van der Waals surface area contributed by atoms with Gasteiger partial charge in [-0.25, -0.2) is 0 Å². The van der Waals surface area contributed by atoms with Crippen LogP contribution in [0, 0.1) is 34.5 Å². The number of aliphatic hydroxyl groups is 1. The number of carbonyl (C=O) groups is 2. The number of hydrogen-bond acceptors (Lipinski definition) is 3. The molecule has 5 nitrogen and oxygen atoms in total. The highest BCUT2D eigenvalue weighted by Crippen LogP contribution is 2.64. The fraction of sp³-hybridized carbons (Fsp3) is 0.833. The van der Waals surface area contributed by atoms with Crippen molar-refractivity contribution >= 4 is 11.8 Å². The molecule has 0 bridgehead atoms. The van der Waals surface area contributed by atoms with Crippen molar-refractivity contribution in [2.75, 3.05) is 13.6 Å². The SMILES string of the molecule is CN1CC[C@@]2(C)C(=CC1=O)CCC1C2[C@@H](O)C[C@@]2(C)C1CC[C@@H]2NC(=O)C1CC1. The summed E-state index contributed by atoms with van der Waals surface area (Å²) in [6, 6.07) is 0.197. The lowest BCUT2D eigenvalue weighted by Gasteiger charge is -2.59. The average Bonchev–Trinajstić information content (AvgIpc) is 3.47. The van der Waals surface area contributed by atoms with E-state index in [4.69, 9.17) is 0 Å².